The molecule has 126 valence electrons. The maximum absolute atomic E-state index is 13.1. The molecule has 1 heterocycles. The predicted molar refractivity (Wildman–Crippen MR) is 85.3 cm³/mol. The Kier molecular flexibility index (Phi) is 4.15. The average Bonchev–Trinajstić information content (AvgIpc) is 2.97. The molecule has 0 aliphatic heterocycles. The van der Waals surface area contributed by atoms with Gasteiger partial charge < -0.3 is 9.73 Å². The molecule has 0 bridgehead atoms. The average molecular weight is 365 g/mol. The number of carbonyl (C=O) groups is 1. The molecule has 0 unspecified atom stereocenters. The van der Waals surface area contributed by atoms with E-state index in [2.05, 4.69) is 5.32 Å². The van der Waals surface area contributed by atoms with E-state index in [0.717, 1.165) is 6.07 Å². The lowest BCUT2D eigenvalue weighted by Crippen LogP contribution is -2.16. The molecule has 1 amide bonds. The van der Waals surface area contributed by atoms with Gasteiger partial charge in [0.05, 0.1) is 22.9 Å². The third-order valence-electron chi connectivity index (χ3n) is 3.40. The van der Waals surface area contributed by atoms with Crippen LogP contribution in [0.15, 0.2) is 46.9 Å². The maximum atomic E-state index is 13.1. The highest BCUT2D eigenvalue weighted by atomic mass is 35.5. The van der Waals surface area contributed by atoms with Crippen LogP contribution in [-0.2, 0) is 6.18 Å². The summed E-state index contributed by atoms with van der Waals surface area (Å²) in [6.07, 6.45) is -4.73. The lowest BCUT2D eigenvalue weighted by atomic mass is 10.1. The van der Waals surface area contributed by atoms with E-state index in [1.165, 1.54) is 12.1 Å². The fraction of sp³-hybridized carbons (Fsp3) is 0.0588. The zero-order valence-electron chi connectivity index (χ0n) is 12.3. The molecule has 0 spiro atoms. The minimum atomic E-state index is -4.73. The van der Waals surface area contributed by atoms with Crippen molar-refractivity contribution in [1.82, 2.24) is 0 Å². The minimum absolute atomic E-state index is 0.158. The second-order valence-electron chi connectivity index (χ2n) is 5.12. The van der Waals surface area contributed by atoms with Gasteiger partial charge in [-0.05, 0) is 42.5 Å². The molecule has 4 nitrogen and oxygen atoms in total. The zero-order chi connectivity index (χ0) is 18.2. The van der Waals surface area contributed by atoms with Gasteiger partial charge in [0.2, 0.25) is 0 Å². The highest BCUT2D eigenvalue weighted by Gasteiger charge is 2.34. The molecule has 0 aliphatic rings. The number of furan rings is 1. The van der Waals surface area contributed by atoms with Crippen molar-refractivity contribution in [2.75, 3.05) is 5.32 Å². The van der Waals surface area contributed by atoms with E-state index in [1.54, 1.807) is 24.3 Å². The molecule has 0 radical (unpaired) electrons. The summed E-state index contributed by atoms with van der Waals surface area (Å²) in [6, 6.07) is 10.6. The van der Waals surface area contributed by atoms with Gasteiger partial charge in [0.1, 0.15) is 5.58 Å². The van der Waals surface area contributed by atoms with Crippen molar-refractivity contribution < 1.29 is 22.4 Å². The van der Waals surface area contributed by atoms with Gasteiger partial charge in [0.25, 0.3) is 5.91 Å². The molecule has 0 atom stereocenters. The molecule has 2 aromatic carbocycles. The smallest absolute Gasteiger partial charge is 0.418 e. The number of hydrogen-bond donors (Lipinski definition) is 1. The number of nitrogens with zero attached hydrogens (tertiary/aromatic N) is 1. The molecule has 0 saturated carbocycles. The number of hydrogen-bond acceptors (Lipinski definition) is 3. The Morgan fingerprint density at radius 2 is 1.92 bits per heavy atom. The molecular formula is C17H8ClF3N2O2. The standard InChI is InChI=1S/C17H8ClF3N2O2/c18-11-2-4-14-10(6-11)7-15(25-14)16(24)23-13-3-1-9(8-22)5-12(13)17(19,20)21/h1-7H,(H,23,24). The van der Waals surface area contributed by atoms with Gasteiger partial charge >= 0.3 is 6.18 Å². The summed E-state index contributed by atoms with van der Waals surface area (Å²) in [5, 5.41) is 11.9. The van der Waals surface area contributed by atoms with Crippen molar-refractivity contribution in [1.29, 1.82) is 5.26 Å². The number of alkyl halides is 3. The molecule has 0 fully saturated rings. The van der Waals surface area contributed by atoms with Crippen molar-refractivity contribution in [3.05, 3.63) is 64.4 Å². The van der Waals surface area contributed by atoms with Crippen LogP contribution in [0.2, 0.25) is 5.02 Å². The number of nitrogens with one attached hydrogen (secondary N) is 1. The summed E-state index contributed by atoms with van der Waals surface area (Å²) < 4.78 is 44.7. The molecule has 3 aromatic rings. The first-order valence-corrected chi connectivity index (χ1v) is 7.27. The van der Waals surface area contributed by atoms with E-state index in [9.17, 15) is 18.0 Å². The third-order valence-corrected chi connectivity index (χ3v) is 3.64. The lowest BCUT2D eigenvalue weighted by Gasteiger charge is -2.13. The number of carbonyl (C=O) groups excluding carboxylic acids is 1. The monoisotopic (exact) mass is 364 g/mol. The highest BCUT2D eigenvalue weighted by Crippen LogP contribution is 2.36. The van der Waals surface area contributed by atoms with Crippen LogP contribution in [0.1, 0.15) is 21.7 Å². The van der Waals surface area contributed by atoms with Crippen molar-refractivity contribution >= 4 is 34.2 Å². The van der Waals surface area contributed by atoms with E-state index >= 15 is 0 Å². The molecular weight excluding hydrogens is 357 g/mol. The van der Waals surface area contributed by atoms with Crippen molar-refractivity contribution in [2.24, 2.45) is 0 Å². The minimum Gasteiger partial charge on any atom is -0.451 e. The van der Waals surface area contributed by atoms with E-state index in [4.69, 9.17) is 21.3 Å². The van der Waals surface area contributed by atoms with Gasteiger partial charge in [0, 0.05) is 10.4 Å². The SMILES string of the molecule is N#Cc1ccc(NC(=O)c2cc3cc(Cl)ccc3o2)c(C(F)(F)F)c1. The zero-order valence-corrected chi connectivity index (χ0v) is 13.1. The van der Waals surface area contributed by atoms with Gasteiger partial charge in [0.15, 0.2) is 5.76 Å². The van der Waals surface area contributed by atoms with Crippen LogP contribution >= 0.6 is 11.6 Å². The Hall–Kier alpha value is -2.98. The lowest BCUT2D eigenvalue weighted by molar-refractivity contribution is -0.136. The van der Waals surface area contributed by atoms with E-state index < -0.39 is 23.3 Å². The van der Waals surface area contributed by atoms with Gasteiger partial charge in [-0.25, -0.2) is 0 Å². The molecule has 1 aromatic heterocycles. The van der Waals surface area contributed by atoms with Crippen LogP contribution in [0.3, 0.4) is 0 Å². The van der Waals surface area contributed by atoms with Crippen molar-refractivity contribution in [3.63, 3.8) is 0 Å². The summed E-state index contributed by atoms with van der Waals surface area (Å²) >= 11 is 5.84. The van der Waals surface area contributed by atoms with Crippen LogP contribution in [0, 0.1) is 11.3 Å². The Morgan fingerprint density at radius 3 is 2.60 bits per heavy atom. The number of rotatable bonds is 2. The van der Waals surface area contributed by atoms with Crippen LogP contribution in [-0.4, -0.2) is 5.91 Å². The second kappa shape index (κ2) is 6.15. The number of amides is 1. The molecule has 1 N–H and O–H groups in total. The molecule has 0 saturated heterocycles. The number of halogens is 4. The Morgan fingerprint density at radius 1 is 1.16 bits per heavy atom. The maximum Gasteiger partial charge on any atom is 0.418 e. The predicted octanol–water partition coefficient (Wildman–Crippen LogP) is 5.23. The first-order valence-electron chi connectivity index (χ1n) is 6.90. The fourth-order valence-corrected chi connectivity index (χ4v) is 2.45. The number of anilines is 1. The first kappa shape index (κ1) is 16.9. The molecule has 3 rings (SSSR count). The quantitative estimate of drug-likeness (QED) is 0.677. The van der Waals surface area contributed by atoms with Crippen LogP contribution in [0.5, 0.6) is 0 Å². The summed E-state index contributed by atoms with van der Waals surface area (Å²) in [5.41, 5.74) is -1.36. The first-order chi connectivity index (χ1) is 11.8. The van der Waals surface area contributed by atoms with E-state index in [-0.39, 0.29) is 11.3 Å². The van der Waals surface area contributed by atoms with Gasteiger partial charge in [-0.2, -0.15) is 18.4 Å². The van der Waals surface area contributed by atoms with Crippen LogP contribution in [0.25, 0.3) is 11.0 Å². The molecule has 0 aliphatic carbocycles. The molecule has 8 heteroatoms. The largest absolute Gasteiger partial charge is 0.451 e. The highest BCUT2D eigenvalue weighted by molar-refractivity contribution is 6.31. The van der Waals surface area contributed by atoms with Crippen molar-refractivity contribution in [2.45, 2.75) is 6.18 Å². The Balaban J connectivity index is 1.96. The number of fused-ring (bicyclic) bond motifs is 1. The van der Waals surface area contributed by atoms with E-state index in [1.807, 2.05) is 0 Å². The normalized spacial score (nSPS) is 11.3. The van der Waals surface area contributed by atoms with E-state index in [0.29, 0.717) is 22.1 Å². The van der Waals surface area contributed by atoms with Gasteiger partial charge in [-0.3, -0.25) is 4.79 Å². The van der Waals surface area contributed by atoms with Crippen LogP contribution in [0.4, 0.5) is 18.9 Å². The van der Waals surface area contributed by atoms with Gasteiger partial charge in [-0.1, -0.05) is 11.6 Å². The summed E-state index contributed by atoms with van der Waals surface area (Å²) in [4.78, 5) is 12.2. The Bertz CT molecular complexity index is 1020. The van der Waals surface area contributed by atoms with Crippen molar-refractivity contribution in [3.8, 4) is 6.07 Å². The fourth-order valence-electron chi connectivity index (χ4n) is 2.27. The third kappa shape index (κ3) is 3.44. The summed E-state index contributed by atoms with van der Waals surface area (Å²) in [5.74, 6) is -1.00. The number of nitriles is 1. The second-order valence-corrected chi connectivity index (χ2v) is 5.55. The summed E-state index contributed by atoms with van der Waals surface area (Å²) in [6.45, 7) is 0. The number of benzene rings is 2. The summed E-state index contributed by atoms with van der Waals surface area (Å²) in [7, 11) is 0. The Labute approximate surface area is 144 Å². The molecule has 25 heavy (non-hydrogen) atoms. The van der Waals surface area contributed by atoms with Gasteiger partial charge in [-0.15, -0.1) is 0 Å². The van der Waals surface area contributed by atoms with Crippen LogP contribution < -0.4 is 5.32 Å². The topological polar surface area (TPSA) is 66.0 Å².